The molecule has 0 N–H and O–H groups in total. The van der Waals surface area contributed by atoms with Crippen molar-refractivity contribution in [2.75, 3.05) is 7.05 Å². The zero-order valence-electron chi connectivity index (χ0n) is 12.3. The maximum absolute atomic E-state index is 12.3. The van der Waals surface area contributed by atoms with Gasteiger partial charge in [0.2, 0.25) is 5.91 Å². The van der Waals surface area contributed by atoms with Crippen LogP contribution in [0.5, 0.6) is 0 Å². The number of hydrogen-bond donors (Lipinski definition) is 0. The second-order valence-corrected chi connectivity index (χ2v) is 5.75. The van der Waals surface area contributed by atoms with Crippen molar-refractivity contribution in [2.45, 2.75) is 13.0 Å². The Bertz CT molecular complexity index is 686. The lowest BCUT2D eigenvalue weighted by molar-refractivity contribution is -0.126. The summed E-state index contributed by atoms with van der Waals surface area (Å²) in [4.78, 5) is 17.9. The topological polar surface area (TPSA) is 33.2 Å². The zero-order valence-corrected chi connectivity index (χ0v) is 13.8. The highest BCUT2D eigenvalue weighted by Crippen LogP contribution is 2.29. The van der Waals surface area contributed by atoms with Crippen molar-refractivity contribution in [1.82, 2.24) is 9.88 Å². The number of hydrogen-bond acceptors (Lipinski definition) is 2. The molecule has 0 saturated carbocycles. The minimum Gasteiger partial charge on any atom is -0.335 e. The van der Waals surface area contributed by atoms with Crippen LogP contribution in [-0.2, 0) is 4.79 Å². The summed E-state index contributed by atoms with van der Waals surface area (Å²) < 4.78 is 0. The fourth-order valence-corrected chi connectivity index (χ4v) is 2.57. The number of halogens is 2. The molecule has 1 aromatic carbocycles. The average molecular weight is 335 g/mol. The molecular weight excluding hydrogens is 319 g/mol. The molecule has 5 heteroatoms. The van der Waals surface area contributed by atoms with Crippen LogP contribution in [0.4, 0.5) is 0 Å². The summed E-state index contributed by atoms with van der Waals surface area (Å²) in [7, 11) is 1.74. The number of likely N-dealkylation sites (N-methyl/N-ethyl adjacent to an activating group) is 1. The molecule has 0 aliphatic heterocycles. The second-order valence-electron chi connectivity index (χ2n) is 4.91. The quantitative estimate of drug-likeness (QED) is 0.764. The molecule has 1 unspecified atom stereocenters. The van der Waals surface area contributed by atoms with Gasteiger partial charge in [-0.1, -0.05) is 35.3 Å². The maximum atomic E-state index is 12.3. The Labute approximate surface area is 140 Å². The van der Waals surface area contributed by atoms with Gasteiger partial charge in [0.25, 0.3) is 0 Å². The van der Waals surface area contributed by atoms with Gasteiger partial charge < -0.3 is 4.90 Å². The van der Waals surface area contributed by atoms with Gasteiger partial charge in [-0.15, -0.1) is 0 Å². The van der Waals surface area contributed by atoms with Gasteiger partial charge >= 0.3 is 0 Å². The van der Waals surface area contributed by atoms with Gasteiger partial charge in [-0.3, -0.25) is 9.78 Å². The SMILES string of the molecule is CC(c1ccc(Cl)cc1Cl)N(C)C(=O)C=Cc1cccnc1. The van der Waals surface area contributed by atoms with Crippen LogP contribution in [0.15, 0.2) is 48.8 Å². The number of carbonyl (C=O) groups is 1. The molecule has 0 fully saturated rings. The van der Waals surface area contributed by atoms with Crippen molar-refractivity contribution in [3.63, 3.8) is 0 Å². The molecule has 0 spiro atoms. The summed E-state index contributed by atoms with van der Waals surface area (Å²) in [5.41, 5.74) is 1.73. The minimum absolute atomic E-state index is 0.109. The Morgan fingerprint density at radius 3 is 2.73 bits per heavy atom. The smallest absolute Gasteiger partial charge is 0.246 e. The molecule has 0 aliphatic rings. The van der Waals surface area contributed by atoms with Gasteiger partial charge in [-0.2, -0.15) is 0 Å². The van der Waals surface area contributed by atoms with E-state index in [9.17, 15) is 4.79 Å². The third-order valence-electron chi connectivity index (χ3n) is 3.44. The summed E-state index contributed by atoms with van der Waals surface area (Å²) in [5.74, 6) is -0.109. The van der Waals surface area contributed by atoms with Gasteiger partial charge in [0.1, 0.15) is 0 Å². The molecule has 0 saturated heterocycles. The second kappa shape index (κ2) is 7.43. The van der Waals surface area contributed by atoms with Crippen LogP contribution in [0.25, 0.3) is 6.08 Å². The molecule has 2 rings (SSSR count). The molecule has 0 aliphatic carbocycles. The lowest BCUT2D eigenvalue weighted by Crippen LogP contribution is -2.28. The van der Waals surface area contributed by atoms with E-state index in [-0.39, 0.29) is 11.9 Å². The molecule has 1 aromatic heterocycles. The first kappa shape index (κ1) is 16.5. The fraction of sp³-hybridized carbons (Fsp3) is 0.176. The minimum atomic E-state index is -0.157. The average Bonchev–Trinajstić information content (AvgIpc) is 2.52. The first-order valence-corrected chi connectivity index (χ1v) is 7.54. The summed E-state index contributed by atoms with van der Waals surface area (Å²) in [6.45, 7) is 1.92. The van der Waals surface area contributed by atoms with Crippen LogP contribution in [0, 0.1) is 0 Å². The largest absolute Gasteiger partial charge is 0.335 e. The van der Waals surface area contributed by atoms with E-state index < -0.39 is 0 Å². The van der Waals surface area contributed by atoms with E-state index in [2.05, 4.69) is 4.98 Å². The van der Waals surface area contributed by atoms with Crippen LogP contribution in [0.3, 0.4) is 0 Å². The summed E-state index contributed by atoms with van der Waals surface area (Å²) in [6.07, 6.45) is 6.65. The van der Waals surface area contributed by atoms with E-state index in [1.165, 1.54) is 6.08 Å². The molecule has 1 amide bonds. The van der Waals surface area contributed by atoms with Crippen molar-refractivity contribution in [1.29, 1.82) is 0 Å². The Morgan fingerprint density at radius 2 is 2.09 bits per heavy atom. The third kappa shape index (κ3) is 4.09. The number of benzene rings is 1. The first-order chi connectivity index (χ1) is 10.5. The normalized spacial score (nSPS) is 12.4. The van der Waals surface area contributed by atoms with Crippen molar-refractivity contribution in [3.05, 3.63) is 70.0 Å². The molecule has 0 radical (unpaired) electrons. The van der Waals surface area contributed by atoms with Gasteiger partial charge in [0, 0.05) is 35.6 Å². The third-order valence-corrected chi connectivity index (χ3v) is 4.01. The lowest BCUT2D eigenvalue weighted by atomic mass is 10.1. The van der Waals surface area contributed by atoms with Crippen molar-refractivity contribution >= 4 is 35.2 Å². The number of carbonyl (C=O) groups excluding carboxylic acids is 1. The first-order valence-electron chi connectivity index (χ1n) is 6.79. The van der Waals surface area contributed by atoms with E-state index in [1.54, 1.807) is 42.6 Å². The van der Waals surface area contributed by atoms with Gasteiger partial charge in [-0.05, 0) is 42.3 Å². The van der Waals surface area contributed by atoms with Crippen molar-refractivity contribution < 1.29 is 4.79 Å². The Hall–Kier alpha value is -1.84. The van der Waals surface area contributed by atoms with E-state index in [4.69, 9.17) is 23.2 Å². The van der Waals surface area contributed by atoms with Crippen LogP contribution >= 0.6 is 23.2 Å². The van der Waals surface area contributed by atoms with Crippen LogP contribution in [0.1, 0.15) is 24.1 Å². The molecule has 22 heavy (non-hydrogen) atoms. The predicted octanol–water partition coefficient (Wildman–Crippen LogP) is 4.62. The number of aromatic nitrogens is 1. The van der Waals surface area contributed by atoms with Crippen LogP contribution in [0.2, 0.25) is 10.0 Å². The Morgan fingerprint density at radius 1 is 1.32 bits per heavy atom. The Balaban J connectivity index is 2.11. The van der Waals surface area contributed by atoms with Gasteiger partial charge in [0.15, 0.2) is 0 Å². The summed E-state index contributed by atoms with van der Waals surface area (Å²) in [5, 5.41) is 1.13. The van der Waals surface area contributed by atoms with Crippen LogP contribution in [-0.4, -0.2) is 22.8 Å². The van der Waals surface area contributed by atoms with Crippen molar-refractivity contribution in [2.24, 2.45) is 0 Å². The molecule has 2 aromatic rings. The standard InChI is InChI=1S/C17H16Cl2N2O/c1-12(15-7-6-14(18)10-16(15)19)21(2)17(22)8-5-13-4-3-9-20-11-13/h3-12H,1-2H3. The van der Waals surface area contributed by atoms with Gasteiger partial charge in [-0.25, -0.2) is 0 Å². The molecule has 114 valence electrons. The maximum Gasteiger partial charge on any atom is 0.246 e. The highest BCUT2D eigenvalue weighted by molar-refractivity contribution is 6.35. The van der Waals surface area contributed by atoms with Gasteiger partial charge in [0.05, 0.1) is 6.04 Å². The number of rotatable bonds is 4. The number of nitrogens with zero attached hydrogens (tertiary/aromatic N) is 2. The summed E-state index contributed by atoms with van der Waals surface area (Å²) >= 11 is 12.1. The van der Waals surface area contributed by atoms with E-state index >= 15 is 0 Å². The number of pyridine rings is 1. The molecule has 1 atom stereocenters. The highest BCUT2D eigenvalue weighted by Gasteiger charge is 2.18. The highest BCUT2D eigenvalue weighted by atomic mass is 35.5. The molecular formula is C17H16Cl2N2O. The molecule has 1 heterocycles. The molecule has 3 nitrogen and oxygen atoms in total. The summed E-state index contributed by atoms with van der Waals surface area (Å²) in [6, 6.07) is 8.84. The van der Waals surface area contributed by atoms with E-state index in [0.29, 0.717) is 10.0 Å². The van der Waals surface area contributed by atoms with Crippen molar-refractivity contribution in [3.8, 4) is 0 Å². The molecule has 0 bridgehead atoms. The lowest BCUT2D eigenvalue weighted by Gasteiger charge is -2.25. The number of amides is 1. The zero-order chi connectivity index (χ0) is 16.1. The van der Waals surface area contributed by atoms with E-state index in [0.717, 1.165) is 11.1 Å². The van der Waals surface area contributed by atoms with Crippen LogP contribution < -0.4 is 0 Å². The van der Waals surface area contributed by atoms with E-state index in [1.807, 2.05) is 25.1 Å². The monoisotopic (exact) mass is 334 g/mol. The Kier molecular flexibility index (Phi) is 5.58. The fourth-order valence-electron chi connectivity index (χ4n) is 2.00. The predicted molar refractivity (Wildman–Crippen MR) is 90.9 cm³/mol.